The van der Waals surface area contributed by atoms with Crippen molar-refractivity contribution >= 4 is 5.91 Å². The van der Waals surface area contributed by atoms with Gasteiger partial charge in [-0.1, -0.05) is 0 Å². The molecule has 2 atom stereocenters. The molecule has 4 rings (SSSR count). The molecule has 0 radical (unpaired) electrons. The number of carbonyl (C=O) groups is 1. The number of morpholine rings is 1. The van der Waals surface area contributed by atoms with Crippen molar-refractivity contribution in [3.8, 4) is 0 Å². The van der Waals surface area contributed by atoms with Crippen LogP contribution in [-0.2, 0) is 4.74 Å². The van der Waals surface area contributed by atoms with E-state index in [2.05, 4.69) is 9.88 Å². The lowest BCUT2D eigenvalue weighted by Crippen LogP contribution is -2.51. The third kappa shape index (κ3) is 2.25. The number of nitrogens with zero attached hydrogens (tertiary/aromatic N) is 2. The van der Waals surface area contributed by atoms with E-state index in [0.29, 0.717) is 6.04 Å². The summed E-state index contributed by atoms with van der Waals surface area (Å²) < 4.78 is 5.89. The molecule has 1 amide bonds. The molecule has 1 aromatic rings. The van der Waals surface area contributed by atoms with Crippen LogP contribution in [-0.4, -0.2) is 65.6 Å². The number of amides is 1. The lowest BCUT2D eigenvalue weighted by molar-refractivity contribution is -0.0484. The largest absolute Gasteiger partial charge is 0.373 e. The van der Waals surface area contributed by atoms with Gasteiger partial charge < -0.3 is 14.6 Å². The normalized spacial score (nSPS) is 30.5. The minimum absolute atomic E-state index is 0.121. The first-order valence-corrected chi connectivity index (χ1v) is 7.59. The lowest BCUT2D eigenvalue weighted by Gasteiger charge is -2.36. The Labute approximate surface area is 118 Å². The number of hydrogen-bond donors (Lipinski definition) is 1. The van der Waals surface area contributed by atoms with Crippen LogP contribution < -0.4 is 0 Å². The van der Waals surface area contributed by atoms with E-state index in [4.69, 9.17) is 4.74 Å². The van der Waals surface area contributed by atoms with Crippen molar-refractivity contribution in [1.82, 2.24) is 14.8 Å². The lowest BCUT2D eigenvalue weighted by atomic mass is 10.1. The molecule has 0 unspecified atom stereocenters. The second-order valence-electron chi connectivity index (χ2n) is 6.22. The molecule has 2 aliphatic heterocycles. The molecule has 1 saturated carbocycles. The Morgan fingerprint density at radius 1 is 1.40 bits per heavy atom. The number of nitrogens with one attached hydrogen (secondary N) is 1. The molecule has 1 aromatic heterocycles. The van der Waals surface area contributed by atoms with Gasteiger partial charge in [-0.05, 0) is 24.8 Å². The molecule has 0 bridgehead atoms. The monoisotopic (exact) mass is 275 g/mol. The fourth-order valence-corrected chi connectivity index (χ4v) is 3.42. The molecule has 1 N–H and O–H groups in total. The number of H-pyrrole nitrogens is 1. The number of aromatic nitrogens is 1. The Kier molecular flexibility index (Phi) is 3.04. The van der Waals surface area contributed by atoms with Crippen molar-refractivity contribution in [3.05, 3.63) is 24.0 Å². The van der Waals surface area contributed by atoms with Crippen LogP contribution in [0.5, 0.6) is 0 Å². The average Bonchev–Trinajstić information content (AvgIpc) is 2.97. The van der Waals surface area contributed by atoms with Gasteiger partial charge in [0.05, 0.1) is 24.3 Å². The summed E-state index contributed by atoms with van der Waals surface area (Å²) in [6.07, 6.45) is 6.52. The third-order valence-corrected chi connectivity index (χ3v) is 4.74. The quantitative estimate of drug-likeness (QED) is 0.893. The van der Waals surface area contributed by atoms with Crippen LogP contribution in [0.15, 0.2) is 18.5 Å². The molecule has 5 nitrogen and oxygen atoms in total. The van der Waals surface area contributed by atoms with Crippen LogP contribution >= 0.6 is 0 Å². The molecular formula is C15H21N3O2. The van der Waals surface area contributed by atoms with E-state index in [1.165, 1.54) is 19.4 Å². The van der Waals surface area contributed by atoms with E-state index in [-0.39, 0.29) is 12.0 Å². The number of likely N-dealkylation sites (tertiary alicyclic amines) is 1. The van der Waals surface area contributed by atoms with Crippen LogP contribution in [0.1, 0.15) is 23.2 Å². The SMILES string of the molecule is O=C(c1cc[nH]c1)N1C[C@@H]2OCCN(CC3CC3)[C@@H]2C1. The van der Waals surface area contributed by atoms with E-state index >= 15 is 0 Å². The van der Waals surface area contributed by atoms with Gasteiger partial charge in [-0.2, -0.15) is 0 Å². The van der Waals surface area contributed by atoms with Crippen molar-refractivity contribution < 1.29 is 9.53 Å². The van der Waals surface area contributed by atoms with Crippen LogP contribution in [0.4, 0.5) is 0 Å². The maximum absolute atomic E-state index is 12.4. The first-order valence-electron chi connectivity index (χ1n) is 7.59. The van der Waals surface area contributed by atoms with Gasteiger partial charge in [-0.15, -0.1) is 0 Å². The minimum Gasteiger partial charge on any atom is -0.373 e. The number of ether oxygens (including phenoxy) is 1. The van der Waals surface area contributed by atoms with Crippen LogP contribution in [0.3, 0.4) is 0 Å². The standard InChI is InChI=1S/C15H21N3O2/c19-15(12-3-4-16-7-12)18-9-13-14(10-18)20-6-5-17(13)8-11-1-2-11/h3-4,7,11,13-14,16H,1-2,5-6,8-10H2/t13-,14+/m1/s1. The van der Waals surface area contributed by atoms with Crippen LogP contribution in [0.2, 0.25) is 0 Å². The van der Waals surface area contributed by atoms with Crippen molar-refractivity contribution in [2.45, 2.75) is 25.0 Å². The van der Waals surface area contributed by atoms with Gasteiger partial charge in [0.15, 0.2) is 0 Å². The van der Waals surface area contributed by atoms with E-state index in [0.717, 1.165) is 37.7 Å². The Hall–Kier alpha value is -1.33. The molecule has 3 aliphatic rings. The maximum atomic E-state index is 12.4. The van der Waals surface area contributed by atoms with Gasteiger partial charge in [0.2, 0.25) is 0 Å². The summed E-state index contributed by atoms with van der Waals surface area (Å²) in [6.45, 7) is 4.55. The zero-order chi connectivity index (χ0) is 13.5. The molecule has 0 spiro atoms. The highest BCUT2D eigenvalue weighted by Crippen LogP contribution is 2.33. The topological polar surface area (TPSA) is 48.6 Å². The highest BCUT2D eigenvalue weighted by Gasteiger charge is 2.43. The maximum Gasteiger partial charge on any atom is 0.255 e. The zero-order valence-electron chi connectivity index (χ0n) is 11.6. The Morgan fingerprint density at radius 3 is 3.05 bits per heavy atom. The van der Waals surface area contributed by atoms with E-state index in [9.17, 15) is 4.79 Å². The number of fused-ring (bicyclic) bond motifs is 1. The van der Waals surface area contributed by atoms with Crippen molar-refractivity contribution in [1.29, 1.82) is 0 Å². The molecule has 5 heteroatoms. The average molecular weight is 275 g/mol. The zero-order valence-corrected chi connectivity index (χ0v) is 11.6. The first-order chi connectivity index (χ1) is 9.81. The number of carbonyl (C=O) groups excluding carboxylic acids is 1. The summed E-state index contributed by atoms with van der Waals surface area (Å²) in [7, 11) is 0. The molecule has 3 heterocycles. The Morgan fingerprint density at radius 2 is 2.30 bits per heavy atom. The molecule has 108 valence electrons. The summed E-state index contributed by atoms with van der Waals surface area (Å²) in [6, 6.07) is 2.24. The molecule has 2 saturated heterocycles. The number of rotatable bonds is 3. The van der Waals surface area contributed by atoms with Gasteiger partial charge in [-0.3, -0.25) is 9.69 Å². The van der Waals surface area contributed by atoms with E-state index in [1.807, 2.05) is 11.0 Å². The molecule has 1 aliphatic carbocycles. The smallest absolute Gasteiger partial charge is 0.255 e. The molecule has 3 fully saturated rings. The second kappa shape index (κ2) is 4.90. The van der Waals surface area contributed by atoms with E-state index < -0.39 is 0 Å². The van der Waals surface area contributed by atoms with Gasteiger partial charge >= 0.3 is 0 Å². The third-order valence-electron chi connectivity index (χ3n) is 4.74. The summed E-state index contributed by atoms with van der Waals surface area (Å²) >= 11 is 0. The molecule has 0 aromatic carbocycles. The van der Waals surface area contributed by atoms with Gasteiger partial charge in [0, 0.05) is 38.6 Å². The second-order valence-corrected chi connectivity index (χ2v) is 6.22. The highest BCUT2D eigenvalue weighted by atomic mass is 16.5. The summed E-state index contributed by atoms with van der Waals surface area (Å²) in [5.74, 6) is 1.01. The first kappa shape index (κ1) is 12.4. The van der Waals surface area contributed by atoms with Crippen LogP contribution in [0.25, 0.3) is 0 Å². The van der Waals surface area contributed by atoms with Gasteiger partial charge in [0.25, 0.3) is 5.91 Å². The minimum atomic E-state index is 0.121. The predicted octanol–water partition coefficient (Wildman–Crippen LogP) is 0.950. The fraction of sp³-hybridized carbons (Fsp3) is 0.667. The van der Waals surface area contributed by atoms with Crippen molar-refractivity contribution in [2.24, 2.45) is 5.92 Å². The molecule has 20 heavy (non-hydrogen) atoms. The van der Waals surface area contributed by atoms with Crippen molar-refractivity contribution in [3.63, 3.8) is 0 Å². The van der Waals surface area contributed by atoms with Crippen LogP contribution in [0, 0.1) is 5.92 Å². The number of hydrogen-bond acceptors (Lipinski definition) is 3. The van der Waals surface area contributed by atoms with Gasteiger partial charge in [0.1, 0.15) is 0 Å². The fourth-order valence-electron chi connectivity index (χ4n) is 3.42. The predicted molar refractivity (Wildman–Crippen MR) is 74.5 cm³/mol. The van der Waals surface area contributed by atoms with Gasteiger partial charge in [-0.25, -0.2) is 0 Å². The molecular weight excluding hydrogens is 254 g/mol. The summed E-state index contributed by atoms with van der Waals surface area (Å²) in [4.78, 5) is 19.9. The van der Waals surface area contributed by atoms with Crippen molar-refractivity contribution in [2.75, 3.05) is 32.8 Å². The summed E-state index contributed by atoms with van der Waals surface area (Å²) in [5, 5.41) is 0. The Bertz CT molecular complexity index is 483. The number of aromatic amines is 1. The highest BCUT2D eigenvalue weighted by molar-refractivity contribution is 5.94. The summed E-state index contributed by atoms with van der Waals surface area (Å²) in [5.41, 5.74) is 0.748. The van der Waals surface area contributed by atoms with E-state index in [1.54, 1.807) is 12.4 Å². The Balaban J connectivity index is 1.45.